The molecule has 2 fully saturated rings. The first-order valence-electron chi connectivity index (χ1n) is 10.7. The summed E-state index contributed by atoms with van der Waals surface area (Å²) in [7, 11) is 0. The van der Waals surface area contributed by atoms with Gasteiger partial charge in [-0.25, -0.2) is 4.79 Å². The fraction of sp³-hybridized carbons (Fsp3) is 0.409. The summed E-state index contributed by atoms with van der Waals surface area (Å²) in [4.78, 5) is 45.6. The molecule has 1 N–H and O–H groups in total. The van der Waals surface area contributed by atoms with Gasteiger partial charge >= 0.3 is 6.03 Å². The molecule has 2 aliphatic heterocycles. The van der Waals surface area contributed by atoms with E-state index in [1.54, 1.807) is 34.2 Å². The third-order valence-electron chi connectivity index (χ3n) is 5.95. The molecule has 0 saturated carbocycles. The molecule has 2 aromatic rings. The zero-order valence-corrected chi connectivity index (χ0v) is 17.9. The van der Waals surface area contributed by atoms with Gasteiger partial charge in [-0.2, -0.15) is 0 Å². The molecule has 3 heterocycles. The highest BCUT2D eigenvalue weighted by molar-refractivity contribution is 5.94. The van der Waals surface area contributed by atoms with Crippen molar-refractivity contribution in [1.29, 1.82) is 0 Å². The summed E-state index contributed by atoms with van der Waals surface area (Å²) in [5.74, 6) is -0.0639. The number of carbonyl (C=O) groups excluding carboxylic acids is 2. The highest BCUT2D eigenvalue weighted by Crippen LogP contribution is 2.21. The average molecular weight is 438 g/mol. The van der Waals surface area contributed by atoms with Crippen LogP contribution in [0.15, 0.2) is 42.6 Å². The van der Waals surface area contributed by atoms with Gasteiger partial charge in [-0.1, -0.05) is 0 Å². The second kappa shape index (κ2) is 9.21. The number of aromatic nitrogens is 1. The fourth-order valence-corrected chi connectivity index (χ4v) is 4.06. The molecule has 1 aromatic carbocycles. The van der Waals surface area contributed by atoms with Crippen molar-refractivity contribution in [3.05, 3.63) is 64.0 Å². The van der Waals surface area contributed by atoms with Crippen LogP contribution in [0.4, 0.5) is 16.2 Å². The summed E-state index contributed by atoms with van der Waals surface area (Å²) in [5, 5.41) is 13.9. The molecule has 0 spiro atoms. The number of nitrogens with one attached hydrogen (secondary N) is 1. The number of benzene rings is 1. The number of likely N-dealkylation sites (tertiary alicyclic amines) is 1. The van der Waals surface area contributed by atoms with Crippen LogP contribution in [0.3, 0.4) is 0 Å². The fourth-order valence-electron chi connectivity index (χ4n) is 4.06. The van der Waals surface area contributed by atoms with E-state index in [4.69, 9.17) is 0 Å². The number of nitro benzene ring substituents is 1. The topological polar surface area (TPSA) is 112 Å². The zero-order valence-electron chi connectivity index (χ0n) is 17.9. The van der Waals surface area contributed by atoms with Gasteiger partial charge in [0.1, 0.15) is 0 Å². The Morgan fingerprint density at radius 3 is 2.38 bits per heavy atom. The molecule has 4 rings (SSSR count). The Labute approximate surface area is 186 Å². The second-order valence-electron chi connectivity index (χ2n) is 8.12. The Bertz CT molecular complexity index is 986. The van der Waals surface area contributed by atoms with Crippen molar-refractivity contribution in [3.63, 3.8) is 0 Å². The Morgan fingerprint density at radius 2 is 1.75 bits per heavy atom. The quantitative estimate of drug-likeness (QED) is 0.578. The van der Waals surface area contributed by atoms with Gasteiger partial charge < -0.3 is 20.0 Å². The summed E-state index contributed by atoms with van der Waals surface area (Å²) in [6.45, 7) is 5.40. The molecule has 0 bridgehead atoms. The minimum atomic E-state index is -0.415. The number of hydrogen-bond acceptors (Lipinski definition) is 6. The van der Waals surface area contributed by atoms with Crippen LogP contribution < -0.4 is 10.2 Å². The van der Waals surface area contributed by atoms with Crippen LogP contribution in [0, 0.1) is 17.0 Å². The monoisotopic (exact) mass is 438 g/mol. The van der Waals surface area contributed by atoms with Crippen LogP contribution in [0.5, 0.6) is 0 Å². The smallest absolute Gasteiger partial charge is 0.317 e. The molecule has 3 amide bonds. The molecule has 10 heteroatoms. The number of carbonyl (C=O) groups is 2. The summed E-state index contributed by atoms with van der Waals surface area (Å²) < 4.78 is 0. The normalized spacial score (nSPS) is 18.5. The number of pyridine rings is 1. The molecular formula is C22H26N6O4. The number of urea groups is 1. The minimum absolute atomic E-state index is 0.0639. The standard InChI is InChI=1S/C22H26N6O4/c1-16-2-3-17(14-23-16)21(29)27-9-8-18(15-27)24-22(30)26-12-10-25(11-13-26)19-4-6-20(7-5-19)28(31)32/h2-7,14,18H,8-13,15H2,1H3,(H,24,30)/t18-/m1/s1. The number of piperazine rings is 1. The maximum absolute atomic E-state index is 12.7. The first-order valence-corrected chi connectivity index (χ1v) is 10.7. The Morgan fingerprint density at radius 1 is 1.03 bits per heavy atom. The molecule has 32 heavy (non-hydrogen) atoms. The largest absolute Gasteiger partial charge is 0.368 e. The van der Waals surface area contributed by atoms with E-state index in [9.17, 15) is 19.7 Å². The van der Waals surface area contributed by atoms with E-state index in [1.165, 1.54) is 12.1 Å². The Kier molecular flexibility index (Phi) is 6.20. The van der Waals surface area contributed by atoms with E-state index < -0.39 is 4.92 Å². The van der Waals surface area contributed by atoms with E-state index in [0.29, 0.717) is 44.8 Å². The predicted octanol–water partition coefficient (Wildman–Crippen LogP) is 2.04. The molecule has 0 radical (unpaired) electrons. The highest BCUT2D eigenvalue weighted by Gasteiger charge is 2.30. The van der Waals surface area contributed by atoms with Crippen molar-refractivity contribution in [2.45, 2.75) is 19.4 Å². The molecule has 10 nitrogen and oxygen atoms in total. The van der Waals surface area contributed by atoms with Gasteiger partial charge in [-0.05, 0) is 37.6 Å². The van der Waals surface area contributed by atoms with E-state index in [-0.39, 0.29) is 23.7 Å². The van der Waals surface area contributed by atoms with Crippen molar-refractivity contribution in [2.24, 2.45) is 0 Å². The van der Waals surface area contributed by atoms with Gasteiger partial charge in [0.2, 0.25) is 0 Å². The van der Waals surface area contributed by atoms with Gasteiger partial charge in [0.05, 0.1) is 10.5 Å². The Hall–Kier alpha value is -3.69. The predicted molar refractivity (Wildman–Crippen MR) is 119 cm³/mol. The first-order chi connectivity index (χ1) is 15.4. The molecular weight excluding hydrogens is 412 g/mol. The van der Waals surface area contributed by atoms with E-state index >= 15 is 0 Å². The number of rotatable bonds is 4. The van der Waals surface area contributed by atoms with E-state index in [2.05, 4.69) is 15.2 Å². The second-order valence-corrected chi connectivity index (χ2v) is 8.12. The number of nitrogens with zero attached hydrogens (tertiary/aromatic N) is 5. The summed E-state index contributed by atoms with van der Waals surface area (Å²) in [6, 6.07) is 9.87. The van der Waals surface area contributed by atoms with Crippen molar-refractivity contribution in [2.75, 3.05) is 44.2 Å². The van der Waals surface area contributed by atoms with E-state index in [1.807, 2.05) is 13.0 Å². The molecule has 2 saturated heterocycles. The Balaban J connectivity index is 1.25. The van der Waals surface area contributed by atoms with Crippen LogP contribution in [0.1, 0.15) is 22.5 Å². The van der Waals surface area contributed by atoms with Crippen molar-refractivity contribution >= 4 is 23.3 Å². The lowest BCUT2D eigenvalue weighted by atomic mass is 10.2. The molecule has 1 atom stereocenters. The average Bonchev–Trinajstić information content (AvgIpc) is 3.27. The molecule has 0 aliphatic carbocycles. The summed E-state index contributed by atoms with van der Waals surface area (Å²) >= 11 is 0. The SMILES string of the molecule is Cc1ccc(C(=O)N2CC[C@@H](NC(=O)N3CCN(c4ccc([N+](=O)[O-])cc4)CC3)C2)cn1. The number of amides is 3. The van der Waals surface area contributed by atoms with Gasteiger partial charge in [-0.15, -0.1) is 0 Å². The van der Waals surface area contributed by atoms with Crippen LogP contribution >= 0.6 is 0 Å². The maximum atomic E-state index is 12.7. The zero-order chi connectivity index (χ0) is 22.7. The van der Waals surface area contributed by atoms with Crippen molar-refractivity contribution < 1.29 is 14.5 Å². The summed E-state index contributed by atoms with van der Waals surface area (Å²) in [6.07, 6.45) is 2.31. The minimum Gasteiger partial charge on any atom is -0.368 e. The molecule has 1 aromatic heterocycles. The van der Waals surface area contributed by atoms with Crippen LogP contribution in [-0.4, -0.2) is 77.0 Å². The third-order valence-corrected chi connectivity index (χ3v) is 5.95. The van der Waals surface area contributed by atoms with Gasteiger partial charge in [0.15, 0.2) is 0 Å². The lowest BCUT2D eigenvalue weighted by molar-refractivity contribution is -0.384. The first kappa shape index (κ1) is 21.5. The molecule has 2 aliphatic rings. The van der Waals surface area contributed by atoms with Crippen molar-refractivity contribution in [1.82, 2.24) is 20.1 Å². The number of nitro groups is 1. The van der Waals surface area contributed by atoms with Gasteiger partial charge in [0, 0.05) is 75.0 Å². The van der Waals surface area contributed by atoms with Crippen LogP contribution in [0.25, 0.3) is 0 Å². The molecule has 168 valence electrons. The van der Waals surface area contributed by atoms with E-state index in [0.717, 1.165) is 17.8 Å². The lowest BCUT2D eigenvalue weighted by Crippen LogP contribution is -2.54. The number of hydrogen-bond donors (Lipinski definition) is 1. The number of anilines is 1. The third kappa shape index (κ3) is 4.79. The molecule has 0 unspecified atom stereocenters. The van der Waals surface area contributed by atoms with Crippen LogP contribution in [-0.2, 0) is 0 Å². The number of aryl methyl sites for hydroxylation is 1. The van der Waals surface area contributed by atoms with Crippen LogP contribution in [0.2, 0.25) is 0 Å². The lowest BCUT2D eigenvalue weighted by Gasteiger charge is -2.36. The summed E-state index contributed by atoms with van der Waals surface area (Å²) in [5.41, 5.74) is 2.40. The number of non-ortho nitro benzene ring substituents is 1. The highest BCUT2D eigenvalue weighted by atomic mass is 16.6. The maximum Gasteiger partial charge on any atom is 0.317 e. The van der Waals surface area contributed by atoms with Crippen molar-refractivity contribution in [3.8, 4) is 0 Å². The van der Waals surface area contributed by atoms with Gasteiger partial charge in [0.25, 0.3) is 11.6 Å². The van der Waals surface area contributed by atoms with Gasteiger partial charge in [-0.3, -0.25) is 19.9 Å².